The van der Waals surface area contributed by atoms with Crippen LogP contribution in [0.4, 0.5) is 13.2 Å². The topological polar surface area (TPSA) is 91.2 Å². The summed E-state index contributed by atoms with van der Waals surface area (Å²) >= 11 is 0. The Morgan fingerprint density at radius 3 is 2.81 bits per heavy atom. The van der Waals surface area contributed by atoms with E-state index >= 15 is 0 Å². The second-order valence-electron chi connectivity index (χ2n) is 6.88. The van der Waals surface area contributed by atoms with Crippen molar-refractivity contribution in [1.82, 2.24) is 25.1 Å². The first kappa shape index (κ1) is 22.5. The third-order valence-electron chi connectivity index (χ3n) is 4.36. The number of pyridine rings is 2. The van der Waals surface area contributed by atoms with E-state index in [-0.39, 0.29) is 18.1 Å². The van der Waals surface area contributed by atoms with Crippen molar-refractivity contribution >= 4 is 16.8 Å². The molecule has 11 heteroatoms. The van der Waals surface area contributed by atoms with Crippen molar-refractivity contribution in [1.29, 1.82) is 0 Å². The number of nitrogens with zero attached hydrogens (tertiary/aromatic N) is 4. The molecule has 0 aliphatic carbocycles. The fourth-order valence-electron chi connectivity index (χ4n) is 2.94. The lowest BCUT2D eigenvalue weighted by atomic mass is 10.2. The molecule has 0 fully saturated rings. The Kier molecular flexibility index (Phi) is 7.06. The van der Waals surface area contributed by atoms with Crippen LogP contribution in [0.3, 0.4) is 0 Å². The Morgan fingerprint density at radius 1 is 1.29 bits per heavy atom. The first-order valence-electron chi connectivity index (χ1n) is 9.47. The highest BCUT2D eigenvalue weighted by molar-refractivity contribution is 5.86. The van der Waals surface area contributed by atoms with Crippen molar-refractivity contribution in [2.45, 2.75) is 26.1 Å². The molecule has 0 atom stereocenters. The van der Waals surface area contributed by atoms with E-state index in [1.165, 1.54) is 6.20 Å². The molecule has 0 radical (unpaired) electrons. The SMILES string of the molecule is COCCNC(=O)Cc1nccc2nn(Cc3cc(C)c(OCC(F)(F)F)cn3)cc12. The van der Waals surface area contributed by atoms with Crippen LogP contribution in [0.2, 0.25) is 0 Å². The van der Waals surface area contributed by atoms with E-state index in [4.69, 9.17) is 9.47 Å². The number of rotatable bonds is 9. The molecule has 0 aliphatic heterocycles. The van der Waals surface area contributed by atoms with Crippen molar-refractivity contribution in [3.05, 3.63) is 47.7 Å². The predicted molar refractivity (Wildman–Crippen MR) is 106 cm³/mol. The fourth-order valence-corrected chi connectivity index (χ4v) is 2.94. The van der Waals surface area contributed by atoms with Crippen molar-refractivity contribution in [3.8, 4) is 5.75 Å². The number of nitrogens with one attached hydrogen (secondary N) is 1. The first-order valence-corrected chi connectivity index (χ1v) is 9.47. The molecule has 1 N–H and O–H groups in total. The summed E-state index contributed by atoms with van der Waals surface area (Å²) < 4.78 is 48.4. The number of alkyl halides is 3. The molecule has 31 heavy (non-hydrogen) atoms. The molecule has 0 aromatic carbocycles. The van der Waals surface area contributed by atoms with E-state index in [2.05, 4.69) is 20.4 Å². The molecule has 3 aromatic heterocycles. The van der Waals surface area contributed by atoms with Crippen molar-refractivity contribution < 1.29 is 27.4 Å². The molecule has 0 unspecified atom stereocenters. The number of hydrogen-bond donors (Lipinski definition) is 1. The van der Waals surface area contributed by atoms with Gasteiger partial charge in [0.2, 0.25) is 5.91 Å². The van der Waals surface area contributed by atoms with Crippen LogP contribution in [0.1, 0.15) is 17.0 Å². The van der Waals surface area contributed by atoms with E-state index in [1.54, 1.807) is 43.2 Å². The van der Waals surface area contributed by atoms with Crippen molar-refractivity contribution in [2.75, 3.05) is 26.9 Å². The molecular formula is C20H22F3N5O3. The Labute approximate surface area is 176 Å². The van der Waals surface area contributed by atoms with Crippen LogP contribution in [0, 0.1) is 6.92 Å². The van der Waals surface area contributed by atoms with Gasteiger partial charge in [-0.15, -0.1) is 0 Å². The highest BCUT2D eigenvalue weighted by Gasteiger charge is 2.28. The summed E-state index contributed by atoms with van der Waals surface area (Å²) in [5.74, 6) is -0.0887. The smallest absolute Gasteiger partial charge is 0.422 e. The van der Waals surface area contributed by atoms with E-state index < -0.39 is 12.8 Å². The molecule has 8 nitrogen and oxygen atoms in total. The van der Waals surface area contributed by atoms with Gasteiger partial charge in [0, 0.05) is 31.4 Å². The van der Waals surface area contributed by atoms with Crippen LogP contribution in [0.15, 0.2) is 30.7 Å². The molecule has 0 saturated carbocycles. The second-order valence-corrected chi connectivity index (χ2v) is 6.88. The molecule has 0 saturated heterocycles. The van der Waals surface area contributed by atoms with Gasteiger partial charge in [-0.1, -0.05) is 0 Å². The minimum absolute atomic E-state index is 0.0812. The number of fused-ring (bicyclic) bond motifs is 1. The number of amides is 1. The third-order valence-corrected chi connectivity index (χ3v) is 4.36. The summed E-state index contributed by atoms with van der Waals surface area (Å²) in [5.41, 5.74) is 2.42. The number of methoxy groups -OCH3 is 1. The number of aromatic nitrogens is 4. The molecule has 3 aromatic rings. The largest absolute Gasteiger partial charge is 0.482 e. The maximum absolute atomic E-state index is 12.3. The molecule has 0 spiro atoms. The molecule has 0 aliphatic rings. The lowest BCUT2D eigenvalue weighted by Crippen LogP contribution is -2.28. The number of carbonyl (C=O) groups excluding carboxylic acids is 1. The second kappa shape index (κ2) is 9.73. The van der Waals surface area contributed by atoms with E-state index in [0.717, 1.165) is 5.39 Å². The van der Waals surface area contributed by atoms with Gasteiger partial charge < -0.3 is 14.8 Å². The van der Waals surface area contributed by atoms with E-state index in [9.17, 15) is 18.0 Å². The normalized spacial score (nSPS) is 11.6. The van der Waals surface area contributed by atoms with Crippen LogP contribution < -0.4 is 10.1 Å². The van der Waals surface area contributed by atoms with Gasteiger partial charge >= 0.3 is 6.18 Å². The van der Waals surface area contributed by atoms with Gasteiger partial charge in [0.15, 0.2) is 6.61 Å². The van der Waals surface area contributed by atoms with Crippen LogP contribution in [-0.4, -0.2) is 58.7 Å². The molecule has 0 bridgehead atoms. The predicted octanol–water partition coefficient (Wildman–Crippen LogP) is 2.43. The van der Waals surface area contributed by atoms with E-state index in [1.807, 2.05) is 0 Å². The summed E-state index contributed by atoms with van der Waals surface area (Å²) in [6.07, 6.45) is 0.330. The zero-order chi connectivity index (χ0) is 22.4. The van der Waals surface area contributed by atoms with Gasteiger partial charge in [0.1, 0.15) is 5.75 Å². The minimum Gasteiger partial charge on any atom is -0.482 e. The molecular weight excluding hydrogens is 415 g/mol. The summed E-state index contributed by atoms with van der Waals surface area (Å²) in [6, 6.07) is 3.39. The first-order chi connectivity index (χ1) is 14.7. The average molecular weight is 437 g/mol. The minimum atomic E-state index is -4.41. The summed E-state index contributed by atoms with van der Waals surface area (Å²) in [7, 11) is 1.56. The highest BCUT2D eigenvalue weighted by atomic mass is 19.4. The summed E-state index contributed by atoms with van der Waals surface area (Å²) in [4.78, 5) is 20.6. The molecule has 3 heterocycles. The zero-order valence-corrected chi connectivity index (χ0v) is 17.1. The number of hydrogen-bond acceptors (Lipinski definition) is 6. The van der Waals surface area contributed by atoms with Gasteiger partial charge in [-0.25, -0.2) is 0 Å². The zero-order valence-electron chi connectivity index (χ0n) is 17.1. The van der Waals surface area contributed by atoms with Gasteiger partial charge in [-0.2, -0.15) is 18.3 Å². The number of carbonyl (C=O) groups is 1. The van der Waals surface area contributed by atoms with Crippen LogP contribution in [-0.2, 0) is 22.5 Å². The van der Waals surface area contributed by atoms with Gasteiger partial charge in [-0.05, 0) is 24.6 Å². The highest BCUT2D eigenvalue weighted by Crippen LogP contribution is 2.22. The Morgan fingerprint density at radius 2 is 2.10 bits per heavy atom. The van der Waals surface area contributed by atoms with Gasteiger partial charge in [0.25, 0.3) is 0 Å². The number of ether oxygens (including phenoxy) is 2. The fraction of sp³-hybridized carbons (Fsp3) is 0.400. The monoisotopic (exact) mass is 437 g/mol. The lowest BCUT2D eigenvalue weighted by Gasteiger charge is -2.11. The average Bonchev–Trinajstić information content (AvgIpc) is 3.10. The standard InChI is InChI=1S/C20H22F3N5O3/c1-13-7-14(26-9-18(13)31-12-20(21,22)23)10-28-11-15-16(27-28)3-4-24-17(15)8-19(29)25-5-6-30-2/h3-4,7,9,11H,5-6,8,10,12H2,1-2H3,(H,25,29). The molecule has 3 rings (SSSR count). The van der Waals surface area contributed by atoms with Gasteiger partial charge in [0.05, 0.1) is 42.7 Å². The quantitative estimate of drug-likeness (QED) is 0.517. The van der Waals surface area contributed by atoms with Crippen molar-refractivity contribution in [2.24, 2.45) is 0 Å². The Bertz CT molecular complexity index is 1050. The van der Waals surface area contributed by atoms with Crippen LogP contribution in [0.25, 0.3) is 10.9 Å². The summed E-state index contributed by atoms with van der Waals surface area (Å²) in [6.45, 7) is 1.43. The molecule has 166 valence electrons. The maximum Gasteiger partial charge on any atom is 0.422 e. The maximum atomic E-state index is 12.3. The Balaban J connectivity index is 1.71. The molecule has 1 amide bonds. The van der Waals surface area contributed by atoms with Gasteiger partial charge in [-0.3, -0.25) is 19.4 Å². The number of halogens is 3. The number of aryl methyl sites for hydroxylation is 1. The van der Waals surface area contributed by atoms with Crippen molar-refractivity contribution in [3.63, 3.8) is 0 Å². The Hall–Kier alpha value is -3.21. The third kappa shape index (κ3) is 6.38. The van der Waals surface area contributed by atoms with Crippen LogP contribution >= 0.6 is 0 Å². The van der Waals surface area contributed by atoms with E-state index in [0.29, 0.717) is 42.2 Å². The summed E-state index contributed by atoms with van der Waals surface area (Å²) in [5, 5.41) is 7.97. The lowest BCUT2D eigenvalue weighted by molar-refractivity contribution is -0.153. The van der Waals surface area contributed by atoms with Crippen LogP contribution in [0.5, 0.6) is 5.75 Å².